The smallest absolute Gasteiger partial charge is 0.269 e. The molecule has 8 nitrogen and oxygen atoms in total. The van der Waals surface area contributed by atoms with Gasteiger partial charge in [0.15, 0.2) is 6.10 Å². The lowest BCUT2D eigenvalue weighted by Crippen LogP contribution is -2.47. The molecule has 2 aromatic rings. The Morgan fingerprint density at radius 3 is 2.60 bits per heavy atom. The number of nitro groups is 1. The van der Waals surface area contributed by atoms with E-state index in [9.17, 15) is 19.7 Å². The Kier molecular flexibility index (Phi) is 4.34. The fourth-order valence-corrected chi connectivity index (χ4v) is 2.55. The van der Waals surface area contributed by atoms with Gasteiger partial charge in [0.25, 0.3) is 11.6 Å². The van der Waals surface area contributed by atoms with Crippen LogP contribution in [0, 0.1) is 10.1 Å². The van der Waals surface area contributed by atoms with Gasteiger partial charge in [-0.25, -0.2) is 0 Å². The molecule has 0 radical (unpaired) electrons. The maximum Gasteiger partial charge on any atom is 0.269 e. The Labute approximate surface area is 143 Å². The van der Waals surface area contributed by atoms with E-state index in [0.29, 0.717) is 17.1 Å². The van der Waals surface area contributed by atoms with Crippen LogP contribution in [0.5, 0.6) is 5.75 Å². The highest BCUT2D eigenvalue weighted by molar-refractivity contribution is 6.10. The van der Waals surface area contributed by atoms with Crippen molar-refractivity contribution in [3.05, 3.63) is 58.6 Å². The van der Waals surface area contributed by atoms with E-state index in [1.54, 1.807) is 31.2 Å². The second-order valence-electron chi connectivity index (χ2n) is 5.50. The summed E-state index contributed by atoms with van der Waals surface area (Å²) in [6.07, 6.45) is -0.861. The van der Waals surface area contributed by atoms with Crippen molar-refractivity contribution in [2.45, 2.75) is 13.0 Å². The number of non-ortho nitro benzene ring substituents is 1. The van der Waals surface area contributed by atoms with Gasteiger partial charge in [-0.05, 0) is 31.2 Å². The van der Waals surface area contributed by atoms with Gasteiger partial charge in [0.2, 0.25) is 5.91 Å². The first-order valence-corrected chi connectivity index (χ1v) is 7.57. The number of nitro benzene ring substituents is 1. The minimum atomic E-state index is -0.861. The molecule has 8 heteroatoms. The first-order valence-electron chi connectivity index (χ1n) is 7.57. The van der Waals surface area contributed by atoms with E-state index in [0.717, 1.165) is 0 Å². The number of carbonyl (C=O) groups excluding carboxylic acids is 2. The number of carbonyl (C=O) groups is 2. The molecule has 1 heterocycles. The third-order valence-corrected chi connectivity index (χ3v) is 3.74. The molecule has 1 aliphatic rings. The van der Waals surface area contributed by atoms with Crippen LogP contribution in [-0.2, 0) is 9.59 Å². The average molecular weight is 341 g/mol. The SMILES string of the molecule is C[C@@H](Oc1ccc([N+](=O)[O-])cc1)C(=O)N1CC(=O)Nc2ccccc21. The number of para-hydroxylation sites is 2. The van der Waals surface area contributed by atoms with Gasteiger partial charge in [0.05, 0.1) is 16.3 Å². The van der Waals surface area contributed by atoms with Gasteiger partial charge in [-0.1, -0.05) is 12.1 Å². The van der Waals surface area contributed by atoms with Crippen LogP contribution in [-0.4, -0.2) is 29.4 Å². The summed E-state index contributed by atoms with van der Waals surface area (Å²) < 4.78 is 5.57. The molecule has 0 bridgehead atoms. The largest absolute Gasteiger partial charge is 0.481 e. The summed E-state index contributed by atoms with van der Waals surface area (Å²) in [5.41, 5.74) is 1.11. The standard InChI is InChI=1S/C17H15N3O5/c1-11(25-13-8-6-12(7-9-13)20(23)24)17(22)19-10-16(21)18-14-4-2-3-5-15(14)19/h2-9,11H,10H2,1H3,(H,18,21)/t11-/m1/s1. The van der Waals surface area contributed by atoms with Gasteiger partial charge in [-0.15, -0.1) is 0 Å². The molecule has 128 valence electrons. The highest BCUT2D eigenvalue weighted by Gasteiger charge is 2.30. The van der Waals surface area contributed by atoms with Crippen molar-refractivity contribution >= 4 is 28.9 Å². The van der Waals surface area contributed by atoms with Crippen molar-refractivity contribution in [1.29, 1.82) is 0 Å². The summed E-state index contributed by atoms with van der Waals surface area (Å²) in [4.78, 5) is 36.0. The van der Waals surface area contributed by atoms with E-state index in [-0.39, 0.29) is 24.0 Å². The summed E-state index contributed by atoms with van der Waals surface area (Å²) in [5, 5.41) is 13.4. The van der Waals surface area contributed by atoms with Gasteiger partial charge < -0.3 is 10.1 Å². The molecule has 0 aliphatic carbocycles. The molecule has 0 aromatic heterocycles. The molecular formula is C17H15N3O5. The molecule has 1 aliphatic heterocycles. The van der Waals surface area contributed by atoms with Crippen LogP contribution in [0.25, 0.3) is 0 Å². The number of hydrogen-bond donors (Lipinski definition) is 1. The van der Waals surface area contributed by atoms with E-state index in [1.807, 2.05) is 0 Å². The van der Waals surface area contributed by atoms with Crippen molar-refractivity contribution in [2.75, 3.05) is 16.8 Å². The Morgan fingerprint density at radius 1 is 1.24 bits per heavy atom. The molecule has 0 fully saturated rings. The molecule has 1 atom stereocenters. The third-order valence-electron chi connectivity index (χ3n) is 3.74. The normalized spacial score (nSPS) is 14.3. The monoisotopic (exact) mass is 341 g/mol. The third kappa shape index (κ3) is 3.42. The van der Waals surface area contributed by atoms with Crippen molar-refractivity contribution in [1.82, 2.24) is 0 Å². The maximum atomic E-state index is 12.7. The Bertz CT molecular complexity index is 834. The van der Waals surface area contributed by atoms with Crippen molar-refractivity contribution in [3.63, 3.8) is 0 Å². The van der Waals surface area contributed by atoms with E-state index in [2.05, 4.69) is 5.32 Å². The van der Waals surface area contributed by atoms with Crippen LogP contribution in [0.2, 0.25) is 0 Å². The molecule has 0 saturated heterocycles. The number of nitrogens with zero attached hydrogens (tertiary/aromatic N) is 2. The van der Waals surface area contributed by atoms with Gasteiger partial charge in [0, 0.05) is 12.1 Å². The van der Waals surface area contributed by atoms with Gasteiger partial charge >= 0.3 is 0 Å². The molecule has 1 N–H and O–H groups in total. The van der Waals surface area contributed by atoms with Gasteiger partial charge in [-0.2, -0.15) is 0 Å². The number of fused-ring (bicyclic) bond motifs is 1. The van der Waals surface area contributed by atoms with Crippen molar-refractivity contribution in [2.24, 2.45) is 0 Å². The molecule has 0 unspecified atom stereocenters. The lowest BCUT2D eigenvalue weighted by molar-refractivity contribution is -0.384. The summed E-state index contributed by atoms with van der Waals surface area (Å²) in [5.74, 6) is -0.323. The summed E-state index contributed by atoms with van der Waals surface area (Å²) in [6.45, 7) is 1.47. The minimum absolute atomic E-state index is 0.0621. The van der Waals surface area contributed by atoms with Crippen LogP contribution < -0.4 is 15.0 Å². The molecule has 2 aromatic carbocycles. The van der Waals surface area contributed by atoms with E-state index >= 15 is 0 Å². The zero-order valence-electron chi connectivity index (χ0n) is 13.3. The fraction of sp³-hybridized carbons (Fsp3) is 0.176. The summed E-state index contributed by atoms with van der Waals surface area (Å²) in [6, 6.07) is 12.5. The molecule has 25 heavy (non-hydrogen) atoms. The molecule has 2 amide bonds. The number of anilines is 2. The fourth-order valence-electron chi connectivity index (χ4n) is 2.55. The average Bonchev–Trinajstić information content (AvgIpc) is 2.60. The second-order valence-corrected chi connectivity index (χ2v) is 5.50. The Morgan fingerprint density at radius 2 is 1.92 bits per heavy atom. The first kappa shape index (κ1) is 16.4. The second kappa shape index (κ2) is 6.60. The molecule has 0 spiro atoms. The van der Waals surface area contributed by atoms with Gasteiger partial charge in [0.1, 0.15) is 12.3 Å². The predicted octanol–water partition coefficient (Wildman–Crippen LogP) is 2.35. The van der Waals surface area contributed by atoms with Crippen LogP contribution in [0.1, 0.15) is 6.92 Å². The van der Waals surface area contributed by atoms with Crippen LogP contribution in [0.4, 0.5) is 17.1 Å². The molecule has 3 rings (SSSR count). The molecular weight excluding hydrogens is 326 g/mol. The highest BCUT2D eigenvalue weighted by Crippen LogP contribution is 2.29. The Hall–Kier alpha value is -3.42. The van der Waals surface area contributed by atoms with Crippen LogP contribution >= 0.6 is 0 Å². The predicted molar refractivity (Wildman–Crippen MR) is 90.6 cm³/mol. The zero-order valence-corrected chi connectivity index (χ0v) is 13.3. The number of nitrogens with one attached hydrogen (secondary N) is 1. The Balaban J connectivity index is 1.76. The number of benzene rings is 2. The number of ether oxygens (including phenoxy) is 1. The summed E-state index contributed by atoms with van der Waals surface area (Å²) in [7, 11) is 0. The topological polar surface area (TPSA) is 102 Å². The highest BCUT2D eigenvalue weighted by atomic mass is 16.6. The van der Waals surface area contributed by atoms with Crippen molar-refractivity contribution in [3.8, 4) is 5.75 Å². The van der Waals surface area contributed by atoms with Crippen LogP contribution in [0.15, 0.2) is 48.5 Å². The lowest BCUT2D eigenvalue weighted by atomic mass is 10.1. The van der Waals surface area contributed by atoms with Gasteiger partial charge in [-0.3, -0.25) is 24.6 Å². The van der Waals surface area contributed by atoms with E-state index in [4.69, 9.17) is 4.74 Å². The number of hydrogen-bond acceptors (Lipinski definition) is 5. The lowest BCUT2D eigenvalue weighted by Gasteiger charge is -2.31. The van der Waals surface area contributed by atoms with Crippen LogP contribution in [0.3, 0.4) is 0 Å². The summed E-state index contributed by atoms with van der Waals surface area (Å²) >= 11 is 0. The molecule has 0 saturated carbocycles. The van der Waals surface area contributed by atoms with E-state index in [1.165, 1.54) is 29.2 Å². The van der Waals surface area contributed by atoms with E-state index < -0.39 is 11.0 Å². The van der Waals surface area contributed by atoms with Crippen molar-refractivity contribution < 1.29 is 19.2 Å². The quantitative estimate of drug-likeness (QED) is 0.679. The number of rotatable bonds is 4. The number of amides is 2. The maximum absolute atomic E-state index is 12.7. The first-order chi connectivity index (χ1) is 12.0. The minimum Gasteiger partial charge on any atom is -0.481 e. The zero-order chi connectivity index (χ0) is 18.0.